The Morgan fingerprint density at radius 3 is 2.95 bits per heavy atom. The fourth-order valence-electron chi connectivity index (χ4n) is 2.14. The van der Waals surface area contributed by atoms with Gasteiger partial charge in [-0.3, -0.25) is 9.78 Å². The first-order chi connectivity index (χ1) is 10.8. The van der Waals surface area contributed by atoms with E-state index in [2.05, 4.69) is 10.3 Å². The van der Waals surface area contributed by atoms with Crippen LogP contribution in [0.1, 0.15) is 5.76 Å². The third-order valence-corrected chi connectivity index (χ3v) is 3.15. The molecule has 0 radical (unpaired) electrons. The molecule has 0 unspecified atom stereocenters. The second kappa shape index (κ2) is 6.13. The van der Waals surface area contributed by atoms with Crippen LogP contribution in [-0.2, 0) is 4.79 Å². The minimum atomic E-state index is -0.244. The van der Waals surface area contributed by atoms with E-state index in [4.69, 9.17) is 9.15 Å². The number of benzene rings is 1. The van der Waals surface area contributed by atoms with E-state index in [0.717, 1.165) is 5.39 Å². The lowest BCUT2D eigenvalue weighted by Crippen LogP contribution is -2.08. The summed E-state index contributed by atoms with van der Waals surface area (Å²) in [7, 11) is 1.59. The van der Waals surface area contributed by atoms with E-state index in [9.17, 15) is 4.79 Å². The van der Waals surface area contributed by atoms with E-state index < -0.39 is 0 Å². The molecule has 0 aliphatic rings. The minimum absolute atomic E-state index is 0.244. The predicted octanol–water partition coefficient (Wildman–Crippen LogP) is 3.49. The molecule has 22 heavy (non-hydrogen) atoms. The average Bonchev–Trinajstić information content (AvgIpc) is 3.07. The second-order valence-corrected chi connectivity index (χ2v) is 4.55. The number of carbonyl (C=O) groups excluding carboxylic acids is 1. The second-order valence-electron chi connectivity index (χ2n) is 4.55. The van der Waals surface area contributed by atoms with Crippen molar-refractivity contribution in [2.75, 3.05) is 12.4 Å². The molecule has 1 N–H and O–H groups in total. The van der Waals surface area contributed by atoms with Crippen molar-refractivity contribution in [1.82, 2.24) is 4.98 Å². The number of furan rings is 1. The predicted molar refractivity (Wildman–Crippen MR) is 84.7 cm³/mol. The van der Waals surface area contributed by atoms with E-state index in [-0.39, 0.29) is 5.91 Å². The zero-order chi connectivity index (χ0) is 15.4. The maximum Gasteiger partial charge on any atom is 0.248 e. The first-order valence-electron chi connectivity index (χ1n) is 6.72. The number of carbonyl (C=O) groups is 1. The Balaban J connectivity index is 1.86. The number of ether oxygens (including phenoxy) is 1. The number of amides is 1. The molecule has 0 aliphatic heterocycles. The Bertz CT molecular complexity index is 823. The Kier molecular flexibility index (Phi) is 3.87. The number of fused-ring (bicyclic) bond motifs is 1. The fraction of sp³-hybridized carbons (Fsp3) is 0.0588. The van der Waals surface area contributed by atoms with Crippen molar-refractivity contribution in [2.45, 2.75) is 0 Å². The SMILES string of the molecule is COc1ccc(NC(=O)/C=C/c2ccco2)c2cccnc12. The fourth-order valence-corrected chi connectivity index (χ4v) is 2.14. The van der Waals surface area contributed by atoms with Crippen LogP contribution < -0.4 is 10.1 Å². The van der Waals surface area contributed by atoms with Crippen LogP contribution in [0.2, 0.25) is 0 Å². The number of nitrogens with zero attached hydrogens (tertiary/aromatic N) is 1. The molecule has 1 amide bonds. The number of hydrogen-bond donors (Lipinski definition) is 1. The molecule has 110 valence electrons. The average molecular weight is 294 g/mol. The Labute approximate surface area is 127 Å². The molecule has 0 bridgehead atoms. The molecule has 0 saturated heterocycles. The van der Waals surface area contributed by atoms with Gasteiger partial charge in [0.2, 0.25) is 5.91 Å². The van der Waals surface area contributed by atoms with Gasteiger partial charge in [0.25, 0.3) is 0 Å². The lowest BCUT2D eigenvalue weighted by atomic mass is 10.1. The monoisotopic (exact) mass is 294 g/mol. The zero-order valence-corrected chi connectivity index (χ0v) is 11.9. The number of aromatic nitrogens is 1. The van der Waals surface area contributed by atoms with Gasteiger partial charge in [-0.15, -0.1) is 0 Å². The molecule has 0 fully saturated rings. The topological polar surface area (TPSA) is 64.4 Å². The summed E-state index contributed by atoms with van der Waals surface area (Å²) in [6.45, 7) is 0. The van der Waals surface area contributed by atoms with E-state index in [1.165, 1.54) is 6.08 Å². The molecule has 0 spiro atoms. The quantitative estimate of drug-likeness (QED) is 0.748. The van der Waals surface area contributed by atoms with Gasteiger partial charge < -0.3 is 14.5 Å². The highest BCUT2D eigenvalue weighted by molar-refractivity contribution is 6.07. The van der Waals surface area contributed by atoms with Crippen molar-refractivity contribution < 1.29 is 13.9 Å². The van der Waals surface area contributed by atoms with Gasteiger partial charge in [0.1, 0.15) is 17.0 Å². The number of pyridine rings is 1. The lowest BCUT2D eigenvalue weighted by Gasteiger charge is -2.09. The van der Waals surface area contributed by atoms with Crippen molar-refractivity contribution in [3.63, 3.8) is 0 Å². The van der Waals surface area contributed by atoms with Gasteiger partial charge in [0.05, 0.1) is 19.1 Å². The van der Waals surface area contributed by atoms with Crippen LogP contribution in [0.3, 0.4) is 0 Å². The van der Waals surface area contributed by atoms with Gasteiger partial charge in [-0.05, 0) is 42.5 Å². The third-order valence-electron chi connectivity index (χ3n) is 3.15. The van der Waals surface area contributed by atoms with Crippen molar-refractivity contribution in [3.05, 3.63) is 60.7 Å². The molecular formula is C17H14N2O3. The highest BCUT2D eigenvalue weighted by Gasteiger charge is 2.08. The van der Waals surface area contributed by atoms with Crippen LogP contribution in [0.4, 0.5) is 5.69 Å². The summed E-state index contributed by atoms with van der Waals surface area (Å²) in [5, 5.41) is 3.66. The van der Waals surface area contributed by atoms with Crippen LogP contribution in [-0.4, -0.2) is 18.0 Å². The van der Waals surface area contributed by atoms with Gasteiger partial charge in [0, 0.05) is 17.7 Å². The van der Waals surface area contributed by atoms with Crippen molar-refractivity contribution in [2.24, 2.45) is 0 Å². The first-order valence-corrected chi connectivity index (χ1v) is 6.72. The van der Waals surface area contributed by atoms with Crippen LogP contribution in [0.25, 0.3) is 17.0 Å². The van der Waals surface area contributed by atoms with Gasteiger partial charge in [-0.1, -0.05) is 0 Å². The highest BCUT2D eigenvalue weighted by Crippen LogP contribution is 2.29. The lowest BCUT2D eigenvalue weighted by molar-refractivity contribution is -0.111. The van der Waals surface area contributed by atoms with Gasteiger partial charge in [-0.2, -0.15) is 0 Å². The van der Waals surface area contributed by atoms with Crippen molar-refractivity contribution >= 4 is 28.6 Å². The van der Waals surface area contributed by atoms with Crippen molar-refractivity contribution in [3.8, 4) is 5.75 Å². The highest BCUT2D eigenvalue weighted by atomic mass is 16.5. The van der Waals surface area contributed by atoms with Gasteiger partial charge >= 0.3 is 0 Å². The third kappa shape index (κ3) is 2.83. The largest absolute Gasteiger partial charge is 0.494 e. The molecule has 2 heterocycles. The molecule has 3 rings (SSSR count). The summed E-state index contributed by atoms with van der Waals surface area (Å²) < 4.78 is 10.4. The normalized spacial score (nSPS) is 11.0. The van der Waals surface area contributed by atoms with E-state index >= 15 is 0 Å². The summed E-state index contributed by atoms with van der Waals surface area (Å²) in [5.41, 5.74) is 1.39. The number of hydrogen-bond acceptors (Lipinski definition) is 4. The smallest absolute Gasteiger partial charge is 0.248 e. The molecule has 0 atom stereocenters. The Morgan fingerprint density at radius 2 is 2.18 bits per heavy atom. The van der Waals surface area contributed by atoms with Crippen molar-refractivity contribution in [1.29, 1.82) is 0 Å². The number of nitrogens with one attached hydrogen (secondary N) is 1. The van der Waals surface area contributed by atoms with Crippen LogP contribution >= 0.6 is 0 Å². The van der Waals surface area contributed by atoms with Crippen LogP contribution in [0.5, 0.6) is 5.75 Å². The van der Waals surface area contributed by atoms with E-state index in [0.29, 0.717) is 22.7 Å². The standard InChI is InChI=1S/C17H14N2O3/c1-21-15-8-7-14(13-5-2-10-18-17(13)15)19-16(20)9-6-12-4-3-11-22-12/h2-11H,1H3,(H,19,20)/b9-6+. The molecule has 0 aliphatic carbocycles. The molecule has 5 heteroatoms. The Hall–Kier alpha value is -3.08. The number of methoxy groups -OCH3 is 1. The molecule has 2 aromatic heterocycles. The summed E-state index contributed by atoms with van der Waals surface area (Å²) in [4.78, 5) is 16.3. The molecule has 1 aromatic carbocycles. The van der Waals surface area contributed by atoms with E-state index in [1.54, 1.807) is 49.9 Å². The molecule has 5 nitrogen and oxygen atoms in total. The zero-order valence-electron chi connectivity index (χ0n) is 11.9. The summed E-state index contributed by atoms with van der Waals surface area (Å²) in [6.07, 6.45) is 6.28. The molecule has 0 saturated carbocycles. The first kappa shape index (κ1) is 13.9. The summed E-state index contributed by atoms with van der Waals surface area (Å²) in [6, 6.07) is 10.8. The minimum Gasteiger partial charge on any atom is -0.494 e. The van der Waals surface area contributed by atoms with Crippen LogP contribution in [0, 0.1) is 0 Å². The summed E-state index contributed by atoms with van der Waals surface area (Å²) >= 11 is 0. The maximum absolute atomic E-state index is 12.0. The number of rotatable bonds is 4. The summed E-state index contributed by atoms with van der Waals surface area (Å²) in [5.74, 6) is 1.04. The van der Waals surface area contributed by atoms with Gasteiger partial charge in [0.15, 0.2) is 0 Å². The van der Waals surface area contributed by atoms with Crippen LogP contribution in [0.15, 0.2) is 59.4 Å². The van der Waals surface area contributed by atoms with Gasteiger partial charge in [-0.25, -0.2) is 0 Å². The number of anilines is 1. The maximum atomic E-state index is 12.0. The Morgan fingerprint density at radius 1 is 1.27 bits per heavy atom. The van der Waals surface area contributed by atoms with E-state index in [1.807, 2.05) is 12.1 Å². The molecular weight excluding hydrogens is 280 g/mol. The molecule has 3 aromatic rings.